The summed E-state index contributed by atoms with van der Waals surface area (Å²) in [5.74, 6) is 0.481. The van der Waals surface area contributed by atoms with Crippen molar-refractivity contribution in [3.05, 3.63) is 65.7 Å². The van der Waals surface area contributed by atoms with Gasteiger partial charge in [-0.2, -0.15) is 0 Å². The van der Waals surface area contributed by atoms with E-state index in [1.165, 1.54) is 5.56 Å². The summed E-state index contributed by atoms with van der Waals surface area (Å²) in [5, 5.41) is 3.32. The van der Waals surface area contributed by atoms with Gasteiger partial charge in [-0.3, -0.25) is 10.1 Å². The van der Waals surface area contributed by atoms with Crippen molar-refractivity contribution in [3.8, 4) is 5.75 Å². The third-order valence-corrected chi connectivity index (χ3v) is 4.45. The van der Waals surface area contributed by atoms with E-state index < -0.39 is 0 Å². The lowest BCUT2D eigenvalue weighted by Crippen LogP contribution is -2.43. The molecule has 0 unspecified atom stereocenters. The van der Waals surface area contributed by atoms with E-state index in [1.54, 1.807) is 12.1 Å². The third kappa shape index (κ3) is 7.02. The first-order chi connectivity index (χ1) is 13.1. The second-order valence-corrected chi connectivity index (χ2v) is 6.74. The molecule has 0 heterocycles. The van der Waals surface area contributed by atoms with Gasteiger partial charge < -0.3 is 9.64 Å². The van der Waals surface area contributed by atoms with Gasteiger partial charge in [0.15, 0.2) is 5.11 Å². The van der Waals surface area contributed by atoms with Crippen LogP contribution in [-0.2, 0) is 6.42 Å². The van der Waals surface area contributed by atoms with Crippen LogP contribution < -0.4 is 10.1 Å². The molecule has 2 aromatic carbocycles. The van der Waals surface area contributed by atoms with Gasteiger partial charge in [0.25, 0.3) is 5.91 Å². The Labute approximate surface area is 167 Å². The normalized spacial score (nSPS) is 10.3. The predicted octanol–water partition coefficient (Wildman–Crippen LogP) is 4.44. The maximum atomic E-state index is 12.5. The number of carbonyl (C=O) groups excluding carboxylic acids is 1. The molecule has 2 rings (SSSR count). The molecular weight excluding hydrogens is 356 g/mol. The van der Waals surface area contributed by atoms with Gasteiger partial charge in [0.1, 0.15) is 5.75 Å². The molecule has 4 nitrogen and oxygen atoms in total. The van der Waals surface area contributed by atoms with E-state index in [1.807, 2.05) is 35.2 Å². The van der Waals surface area contributed by atoms with Crippen LogP contribution in [0.15, 0.2) is 54.6 Å². The van der Waals surface area contributed by atoms with Crippen molar-refractivity contribution in [2.75, 3.05) is 19.7 Å². The molecule has 0 aromatic heterocycles. The van der Waals surface area contributed by atoms with E-state index in [2.05, 4.69) is 31.3 Å². The second kappa shape index (κ2) is 11.3. The van der Waals surface area contributed by atoms with E-state index in [0.29, 0.717) is 23.0 Å². The molecule has 0 saturated heterocycles. The van der Waals surface area contributed by atoms with Crippen molar-refractivity contribution < 1.29 is 9.53 Å². The third-order valence-electron chi connectivity index (χ3n) is 4.09. The maximum absolute atomic E-state index is 12.5. The van der Waals surface area contributed by atoms with E-state index in [9.17, 15) is 4.79 Å². The van der Waals surface area contributed by atoms with E-state index in [-0.39, 0.29) is 5.91 Å². The highest BCUT2D eigenvalue weighted by Crippen LogP contribution is 2.14. The zero-order valence-corrected chi connectivity index (χ0v) is 16.9. The number of carbonyl (C=O) groups is 1. The van der Waals surface area contributed by atoms with Gasteiger partial charge in [-0.25, -0.2) is 0 Å². The summed E-state index contributed by atoms with van der Waals surface area (Å²) in [6.45, 7) is 6.45. The smallest absolute Gasteiger partial charge is 0.257 e. The minimum atomic E-state index is -0.203. The number of nitrogens with one attached hydrogen (secondary N) is 1. The number of nitrogens with zero attached hydrogens (tertiary/aromatic N) is 1. The highest BCUT2D eigenvalue weighted by Gasteiger charge is 2.13. The average molecular weight is 385 g/mol. The van der Waals surface area contributed by atoms with Crippen LogP contribution in [-0.4, -0.2) is 35.6 Å². The largest absolute Gasteiger partial charge is 0.493 e. The van der Waals surface area contributed by atoms with Crippen LogP contribution in [0.1, 0.15) is 42.6 Å². The lowest BCUT2D eigenvalue weighted by atomic mass is 10.2. The van der Waals surface area contributed by atoms with Crippen molar-refractivity contribution in [1.29, 1.82) is 0 Å². The molecule has 1 amide bonds. The van der Waals surface area contributed by atoms with Gasteiger partial charge >= 0.3 is 0 Å². The molecule has 144 valence electrons. The number of rotatable bonds is 9. The van der Waals surface area contributed by atoms with Gasteiger partial charge in [0, 0.05) is 25.1 Å². The van der Waals surface area contributed by atoms with Crippen LogP contribution in [0.5, 0.6) is 5.75 Å². The van der Waals surface area contributed by atoms with Gasteiger partial charge in [-0.15, -0.1) is 0 Å². The van der Waals surface area contributed by atoms with Crippen LogP contribution in [0.3, 0.4) is 0 Å². The fourth-order valence-corrected chi connectivity index (χ4v) is 3.04. The maximum Gasteiger partial charge on any atom is 0.257 e. The molecule has 0 bridgehead atoms. The number of ether oxygens (including phenoxy) is 1. The lowest BCUT2D eigenvalue weighted by Gasteiger charge is -2.24. The van der Waals surface area contributed by atoms with Crippen molar-refractivity contribution in [2.24, 2.45) is 0 Å². The van der Waals surface area contributed by atoms with Crippen LogP contribution in [0.2, 0.25) is 0 Å². The molecular formula is C22H28N2O2S. The quantitative estimate of drug-likeness (QED) is 0.649. The van der Waals surface area contributed by atoms with Crippen molar-refractivity contribution in [3.63, 3.8) is 0 Å². The molecule has 0 saturated carbocycles. The van der Waals surface area contributed by atoms with E-state index in [0.717, 1.165) is 32.4 Å². The molecule has 0 fully saturated rings. The molecule has 2 aromatic rings. The highest BCUT2D eigenvalue weighted by molar-refractivity contribution is 7.80. The number of amides is 1. The Morgan fingerprint density at radius 3 is 2.41 bits per heavy atom. The lowest BCUT2D eigenvalue weighted by molar-refractivity contribution is 0.0972. The summed E-state index contributed by atoms with van der Waals surface area (Å²) < 4.78 is 5.81. The van der Waals surface area contributed by atoms with Crippen LogP contribution >= 0.6 is 12.2 Å². The Hall–Kier alpha value is -2.40. The minimum absolute atomic E-state index is 0.203. The Morgan fingerprint density at radius 2 is 1.74 bits per heavy atom. The summed E-state index contributed by atoms with van der Waals surface area (Å²) in [6, 6.07) is 17.4. The van der Waals surface area contributed by atoms with Gasteiger partial charge in [-0.1, -0.05) is 50.2 Å². The molecule has 0 spiro atoms. The first-order valence-corrected chi connectivity index (χ1v) is 9.92. The standard InChI is InChI=1S/C22H28N2O2S/c1-3-14-24(15-4-2)22(27)23-21(25)19-11-8-12-20(17-19)26-16-13-18-9-6-5-7-10-18/h5-12,17H,3-4,13-16H2,1-2H3,(H,23,25,27). The molecule has 5 heteroatoms. The molecule has 0 aliphatic heterocycles. The second-order valence-electron chi connectivity index (χ2n) is 6.36. The summed E-state index contributed by atoms with van der Waals surface area (Å²) in [7, 11) is 0. The van der Waals surface area contributed by atoms with E-state index in [4.69, 9.17) is 17.0 Å². The zero-order valence-electron chi connectivity index (χ0n) is 16.1. The first kappa shape index (κ1) is 20.9. The number of hydrogen-bond donors (Lipinski definition) is 1. The van der Waals surface area contributed by atoms with Crippen LogP contribution in [0.4, 0.5) is 0 Å². The topological polar surface area (TPSA) is 41.6 Å². The minimum Gasteiger partial charge on any atom is -0.493 e. The van der Waals surface area contributed by atoms with Crippen LogP contribution in [0.25, 0.3) is 0 Å². The van der Waals surface area contributed by atoms with Crippen molar-refractivity contribution >= 4 is 23.2 Å². The molecule has 0 aliphatic carbocycles. The Morgan fingerprint density at radius 1 is 1.04 bits per heavy atom. The first-order valence-electron chi connectivity index (χ1n) is 9.51. The SMILES string of the molecule is CCCN(CCC)C(=S)NC(=O)c1cccc(OCCc2ccccc2)c1. The number of hydrogen-bond acceptors (Lipinski definition) is 3. The van der Waals surface area contributed by atoms with Gasteiger partial charge in [0.05, 0.1) is 6.61 Å². The zero-order chi connectivity index (χ0) is 19.5. The van der Waals surface area contributed by atoms with Gasteiger partial charge in [0.2, 0.25) is 0 Å². The predicted molar refractivity (Wildman–Crippen MR) is 114 cm³/mol. The molecule has 27 heavy (non-hydrogen) atoms. The fourth-order valence-electron chi connectivity index (χ4n) is 2.76. The Kier molecular flexibility index (Phi) is 8.78. The van der Waals surface area contributed by atoms with E-state index >= 15 is 0 Å². The Balaban J connectivity index is 1.91. The fraction of sp³-hybridized carbons (Fsp3) is 0.364. The average Bonchev–Trinajstić information content (AvgIpc) is 2.69. The van der Waals surface area contributed by atoms with Crippen molar-refractivity contribution in [2.45, 2.75) is 33.1 Å². The summed E-state index contributed by atoms with van der Waals surface area (Å²) in [6.07, 6.45) is 2.80. The summed E-state index contributed by atoms with van der Waals surface area (Å²) in [5.41, 5.74) is 1.77. The summed E-state index contributed by atoms with van der Waals surface area (Å²) >= 11 is 5.40. The highest BCUT2D eigenvalue weighted by atomic mass is 32.1. The molecule has 0 aliphatic rings. The molecule has 0 atom stereocenters. The van der Waals surface area contributed by atoms with Gasteiger partial charge in [-0.05, 0) is 48.8 Å². The summed E-state index contributed by atoms with van der Waals surface area (Å²) in [4.78, 5) is 14.6. The van der Waals surface area contributed by atoms with Crippen molar-refractivity contribution in [1.82, 2.24) is 10.2 Å². The molecule has 1 N–H and O–H groups in total. The number of thiocarbonyl (C=S) groups is 1. The number of benzene rings is 2. The monoisotopic (exact) mass is 384 g/mol. The molecule has 0 radical (unpaired) electrons. The van der Waals surface area contributed by atoms with Crippen LogP contribution in [0, 0.1) is 0 Å². The Bertz CT molecular complexity index is 728.